The second kappa shape index (κ2) is 5.01. The fraction of sp³-hybridized carbons (Fsp3) is 0.400. The van der Waals surface area contributed by atoms with Gasteiger partial charge in [0.1, 0.15) is 17.9 Å². The third-order valence-electron chi connectivity index (χ3n) is 2.46. The number of rotatable bonds is 2. The van der Waals surface area contributed by atoms with Crippen LogP contribution in [0.2, 0.25) is 0 Å². The Morgan fingerprint density at radius 3 is 3.00 bits per heavy atom. The average Bonchev–Trinajstić information content (AvgIpc) is 2.39. The topological polar surface area (TPSA) is 90.1 Å². The lowest BCUT2D eigenvalue weighted by atomic mass is 10.2. The van der Waals surface area contributed by atoms with E-state index in [9.17, 15) is 4.79 Å². The highest BCUT2D eigenvalue weighted by Gasteiger charge is 2.29. The molecule has 0 saturated carbocycles. The maximum absolute atomic E-state index is 11.1. The number of nitrogens with zero attached hydrogens (tertiary/aromatic N) is 4. The van der Waals surface area contributed by atoms with Crippen LogP contribution in [0, 0.1) is 11.3 Å². The summed E-state index contributed by atoms with van der Waals surface area (Å²) in [6.45, 7) is 0.627. The van der Waals surface area contributed by atoms with Crippen molar-refractivity contribution in [1.29, 1.82) is 5.26 Å². The normalized spacial score (nSPS) is 19.7. The molecule has 1 unspecified atom stereocenters. The Labute approximate surface area is 102 Å². The van der Waals surface area contributed by atoms with Crippen molar-refractivity contribution in [3.05, 3.63) is 18.1 Å². The quantitative estimate of drug-likeness (QED) is 0.810. The van der Waals surface area contributed by atoms with Crippen LogP contribution in [0.15, 0.2) is 12.4 Å². The molecule has 0 amide bonds. The molecule has 0 radical (unpaired) electrons. The van der Waals surface area contributed by atoms with E-state index >= 15 is 0 Å². The van der Waals surface area contributed by atoms with Crippen molar-refractivity contribution < 1.29 is 9.90 Å². The van der Waals surface area contributed by atoms with Crippen molar-refractivity contribution in [3.8, 4) is 6.07 Å². The number of aromatic nitrogens is 2. The first-order valence-electron chi connectivity index (χ1n) is 5.01. The van der Waals surface area contributed by atoms with Crippen LogP contribution in [0.1, 0.15) is 5.69 Å². The molecule has 0 spiro atoms. The summed E-state index contributed by atoms with van der Waals surface area (Å²) in [5.41, 5.74) is 0.229. The molecule has 1 aliphatic rings. The highest BCUT2D eigenvalue weighted by Crippen LogP contribution is 2.21. The van der Waals surface area contributed by atoms with Crippen LogP contribution >= 0.6 is 11.8 Å². The summed E-state index contributed by atoms with van der Waals surface area (Å²) in [5.74, 6) is 1.06. The summed E-state index contributed by atoms with van der Waals surface area (Å²) in [4.78, 5) is 20.8. The van der Waals surface area contributed by atoms with Crippen molar-refractivity contribution in [1.82, 2.24) is 9.97 Å². The van der Waals surface area contributed by atoms with E-state index in [2.05, 4.69) is 9.97 Å². The van der Waals surface area contributed by atoms with Gasteiger partial charge in [-0.25, -0.2) is 14.8 Å². The minimum absolute atomic E-state index is 0.229. The average molecular weight is 250 g/mol. The summed E-state index contributed by atoms with van der Waals surface area (Å²) >= 11 is 1.61. The SMILES string of the molecule is N#Cc1cnc(N2CCSCC2C(=O)O)cn1. The summed E-state index contributed by atoms with van der Waals surface area (Å²) in [5, 5.41) is 17.7. The first-order valence-corrected chi connectivity index (χ1v) is 6.17. The summed E-state index contributed by atoms with van der Waals surface area (Å²) in [7, 11) is 0. The third kappa shape index (κ3) is 2.47. The first-order chi connectivity index (χ1) is 8.22. The van der Waals surface area contributed by atoms with Gasteiger partial charge in [0.2, 0.25) is 0 Å². The van der Waals surface area contributed by atoms with E-state index < -0.39 is 12.0 Å². The summed E-state index contributed by atoms with van der Waals surface area (Å²) < 4.78 is 0. The second-order valence-corrected chi connectivity index (χ2v) is 4.64. The number of carboxylic acids is 1. The minimum atomic E-state index is -0.858. The molecular formula is C10H10N4O2S. The van der Waals surface area contributed by atoms with Gasteiger partial charge >= 0.3 is 5.97 Å². The van der Waals surface area contributed by atoms with Crippen molar-refractivity contribution in [2.24, 2.45) is 0 Å². The molecule has 2 heterocycles. The van der Waals surface area contributed by atoms with Gasteiger partial charge in [-0.2, -0.15) is 17.0 Å². The van der Waals surface area contributed by atoms with Crippen LogP contribution < -0.4 is 4.90 Å². The van der Waals surface area contributed by atoms with Crippen LogP contribution in [-0.2, 0) is 4.79 Å². The second-order valence-electron chi connectivity index (χ2n) is 3.49. The van der Waals surface area contributed by atoms with Crippen LogP contribution in [-0.4, -0.2) is 45.1 Å². The van der Waals surface area contributed by atoms with E-state index in [1.54, 1.807) is 16.7 Å². The van der Waals surface area contributed by atoms with E-state index in [1.165, 1.54) is 12.4 Å². The van der Waals surface area contributed by atoms with Crippen LogP contribution in [0.25, 0.3) is 0 Å². The van der Waals surface area contributed by atoms with Crippen LogP contribution in [0.3, 0.4) is 0 Å². The molecule has 17 heavy (non-hydrogen) atoms. The molecule has 0 bridgehead atoms. The number of nitriles is 1. The Hall–Kier alpha value is -1.81. The zero-order valence-electron chi connectivity index (χ0n) is 8.91. The fourth-order valence-electron chi connectivity index (χ4n) is 1.61. The number of hydrogen-bond acceptors (Lipinski definition) is 6. The molecular weight excluding hydrogens is 240 g/mol. The van der Waals surface area contributed by atoms with Crippen molar-refractivity contribution >= 4 is 23.5 Å². The van der Waals surface area contributed by atoms with Gasteiger partial charge in [-0.05, 0) is 0 Å². The standard InChI is InChI=1S/C10H10N4O2S/c11-3-7-4-13-9(5-12-7)14-1-2-17-6-8(14)10(15)16/h4-5,8H,1-2,6H2,(H,15,16). The van der Waals surface area contributed by atoms with E-state index in [4.69, 9.17) is 10.4 Å². The Kier molecular flexibility index (Phi) is 3.44. The molecule has 2 rings (SSSR count). The van der Waals surface area contributed by atoms with E-state index in [0.29, 0.717) is 18.1 Å². The molecule has 1 N–H and O–H groups in total. The fourth-order valence-corrected chi connectivity index (χ4v) is 2.65. The first kappa shape index (κ1) is 11.7. The number of hydrogen-bond donors (Lipinski definition) is 1. The highest BCUT2D eigenvalue weighted by molar-refractivity contribution is 7.99. The van der Waals surface area contributed by atoms with Crippen LogP contribution in [0.5, 0.6) is 0 Å². The lowest BCUT2D eigenvalue weighted by Crippen LogP contribution is -2.47. The van der Waals surface area contributed by atoms with Crippen molar-refractivity contribution in [2.45, 2.75) is 6.04 Å². The maximum atomic E-state index is 11.1. The molecule has 1 fully saturated rings. The number of carbonyl (C=O) groups is 1. The zero-order valence-corrected chi connectivity index (χ0v) is 9.72. The van der Waals surface area contributed by atoms with Gasteiger partial charge in [0.25, 0.3) is 0 Å². The third-order valence-corrected chi connectivity index (χ3v) is 3.48. The van der Waals surface area contributed by atoms with Crippen molar-refractivity contribution in [3.63, 3.8) is 0 Å². The monoisotopic (exact) mass is 250 g/mol. The largest absolute Gasteiger partial charge is 0.480 e. The maximum Gasteiger partial charge on any atom is 0.327 e. The number of aliphatic carboxylic acids is 1. The lowest BCUT2D eigenvalue weighted by Gasteiger charge is -2.33. The molecule has 0 aliphatic carbocycles. The smallest absolute Gasteiger partial charge is 0.327 e. The van der Waals surface area contributed by atoms with E-state index in [-0.39, 0.29) is 5.69 Å². The predicted molar refractivity (Wildman–Crippen MR) is 62.8 cm³/mol. The molecule has 0 aromatic carbocycles. The molecule has 1 saturated heterocycles. The predicted octanol–water partition coefficient (Wildman–Crippen LogP) is 0.355. The molecule has 1 atom stereocenters. The number of carboxylic acid groups (broad SMARTS) is 1. The highest BCUT2D eigenvalue weighted by atomic mass is 32.2. The molecule has 1 aromatic heterocycles. The molecule has 7 heteroatoms. The molecule has 1 aromatic rings. The summed E-state index contributed by atoms with van der Waals surface area (Å²) in [6, 6.07) is 1.31. The molecule has 1 aliphatic heterocycles. The minimum Gasteiger partial charge on any atom is -0.480 e. The van der Waals surface area contributed by atoms with Gasteiger partial charge in [-0.1, -0.05) is 0 Å². The van der Waals surface area contributed by atoms with Crippen molar-refractivity contribution in [2.75, 3.05) is 23.0 Å². The Bertz CT molecular complexity index is 456. The Morgan fingerprint density at radius 2 is 2.41 bits per heavy atom. The molecule has 88 valence electrons. The lowest BCUT2D eigenvalue weighted by molar-refractivity contribution is -0.138. The van der Waals surface area contributed by atoms with Gasteiger partial charge in [-0.15, -0.1) is 0 Å². The van der Waals surface area contributed by atoms with Gasteiger partial charge in [0.15, 0.2) is 5.69 Å². The molecule has 6 nitrogen and oxygen atoms in total. The Morgan fingerprint density at radius 1 is 1.59 bits per heavy atom. The van der Waals surface area contributed by atoms with E-state index in [1.807, 2.05) is 6.07 Å². The van der Waals surface area contributed by atoms with Gasteiger partial charge < -0.3 is 10.0 Å². The zero-order chi connectivity index (χ0) is 12.3. The van der Waals surface area contributed by atoms with Gasteiger partial charge in [0, 0.05) is 18.1 Å². The van der Waals surface area contributed by atoms with Gasteiger partial charge in [0.05, 0.1) is 12.4 Å². The summed E-state index contributed by atoms with van der Waals surface area (Å²) in [6.07, 6.45) is 2.81. The van der Waals surface area contributed by atoms with E-state index in [0.717, 1.165) is 5.75 Å². The number of anilines is 1. The van der Waals surface area contributed by atoms with Crippen LogP contribution in [0.4, 0.5) is 5.82 Å². The Balaban J connectivity index is 2.24. The number of thioether (sulfide) groups is 1. The van der Waals surface area contributed by atoms with Gasteiger partial charge in [-0.3, -0.25) is 0 Å².